The first-order valence-corrected chi connectivity index (χ1v) is 10.7. The first-order valence-electron chi connectivity index (χ1n) is 9.79. The number of carbonyl (C=O) groups excluding carboxylic acids is 1. The minimum Gasteiger partial charge on any atom is -0.287 e. The first-order chi connectivity index (χ1) is 15.5. The molecule has 0 saturated heterocycles. The molecule has 8 heteroatoms. The van der Waals surface area contributed by atoms with Gasteiger partial charge < -0.3 is 0 Å². The molecule has 6 nitrogen and oxygen atoms in total. The zero-order valence-corrected chi connectivity index (χ0v) is 18.1. The number of anilines is 1. The zero-order chi connectivity index (χ0) is 22.7. The standard InChI is InChI=1S/C24H19FN4O2S/c1-3-13-28(24-26-19(15-32-24)17-9-5-4-6-10-17)23(31)22-21(30)14-16(2)29(27-22)20-12-8-7-11-18(20)25/h3-12,14-15H,1,13H2,2H3. The van der Waals surface area contributed by atoms with Gasteiger partial charge >= 0.3 is 0 Å². The number of benzene rings is 2. The number of nitrogens with zero attached hydrogens (tertiary/aromatic N) is 4. The van der Waals surface area contributed by atoms with Crippen molar-refractivity contribution in [2.24, 2.45) is 0 Å². The Kier molecular flexibility index (Phi) is 6.04. The quantitative estimate of drug-likeness (QED) is 0.405. The van der Waals surface area contributed by atoms with E-state index >= 15 is 0 Å². The summed E-state index contributed by atoms with van der Waals surface area (Å²) in [6.07, 6.45) is 1.55. The molecular formula is C24H19FN4O2S. The van der Waals surface area contributed by atoms with Crippen molar-refractivity contribution in [1.29, 1.82) is 0 Å². The van der Waals surface area contributed by atoms with Gasteiger partial charge in [0, 0.05) is 29.2 Å². The van der Waals surface area contributed by atoms with Crippen molar-refractivity contribution in [2.45, 2.75) is 6.92 Å². The van der Waals surface area contributed by atoms with Crippen molar-refractivity contribution < 1.29 is 9.18 Å². The highest BCUT2D eigenvalue weighted by Crippen LogP contribution is 2.28. The molecule has 2 aromatic carbocycles. The van der Waals surface area contributed by atoms with Crippen LogP contribution in [0.3, 0.4) is 0 Å². The van der Waals surface area contributed by atoms with Crippen LogP contribution in [0.1, 0.15) is 16.2 Å². The lowest BCUT2D eigenvalue weighted by molar-refractivity contribution is 0.0982. The van der Waals surface area contributed by atoms with Crippen molar-refractivity contribution in [1.82, 2.24) is 14.8 Å². The summed E-state index contributed by atoms with van der Waals surface area (Å²) >= 11 is 1.28. The van der Waals surface area contributed by atoms with E-state index in [1.165, 1.54) is 39.1 Å². The van der Waals surface area contributed by atoms with Crippen LogP contribution in [0.25, 0.3) is 16.9 Å². The summed E-state index contributed by atoms with van der Waals surface area (Å²) < 4.78 is 15.6. The molecule has 160 valence electrons. The van der Waals surface area contributed by atoms with Crippen LogP contribution in [-0.2, 0) is 0 Å². The van der Waals surface area contributed by atoms with Gasteiger partial charge in [0.15, 0.2) is 10.8 Å². The van der Waals surface area contributed by atoms with Gasteiger partial charge in [0.2, 0.25) is 5.43 Å². The fourth-order valence-electron chi connectivity index (χ4n) is 3.20. The lowest BCUT2D eigenvalue weighted by Crippen LogP contribution is -2.36. The Bertz CT molecular complexity index is 1350. The molecule has 0 saturated carbocycles. The average Bonchev–Trinajstić information content (AvgIpc) is 3.28. The Hall–Kier alpha value is -3.91. The number of para-hydroxylation sites is 1. The molecule has 1 amide bonds. The van der Waals surface area contributed by atoms with Gasteiger partial charge in [-0.1, -0.05) is 48.5 Å². The van der Waals surface area contributed by atoms with Gasteiger partial charge in [-0.15, -0.1) is 17.9 Å². The fraction of sp³-hybridized carbons (Fsp3) is 0.0833. The maximum atomic E-state index is 14.3. The average molecular weight is 447 g/mol. The molecule has 0 aliphatic heterocycles. The predicted octanol–water partition coefficient (Wildman–Crippen LogP) is 4.64. The highest BCUT2D eigenvalue weighted by atomic mass is 32.1. The van der Waals surface area contributed by atoms with E-state index in [1.807, 2.05) is 35.7 Å². The van der Waals surface area contributed by atoms with Gasteiger partial charge in [0.1, 0.15) is 11.5 Å². The summed E-state index contributed by atoms with van der Waals surface area (Å²) in [7, 11) is 0. The van der Waals surface area contributed by atoms with Crippen LogP contribution in [0.4, 0.5) is 9.52 Å². The van der Waals surface area contributed by atoms with Gasteiger partial charge in [-0.05, 0) is 19.1 Å². The summed E-state index contributed by atoms with van der Waals surface area (Å²) in [6, 6.07) is 16.9. The number of hydrogen-bond acceptors (Lipinski definition) is 5. The van der Waals surface area contributed by atoms with Crippen molar-refractivity contribution in [3.8, 4) is 16.9 Å². The molecule has 0 N–H and O–H groups in total. The van der Waals surface area contributed by atoms with E-state index in [0.29, 0.717) is 16.5 Å². The van der Waals surface area contributed by atoms with E-state index in [4.69, 9.17) is 0 Å². The third-order valence-corrected chi connectivity index (χ3v) is 5.60. The number of amides is 1. The largest absolute Gasteiger partial charge is 0.287 e. The van der Waals surface area contributed by atoms with Crippen LogP contribution in [0, 0.1) is 12.7 Å². The molecule has 0 aliphatic carbocycles. The van der Waals surface area contributed by atoms with Crippen molar-refractivity contribution in [3.63, 3.8) is 0 Å². The van der Waals surface area contributed by atoms with E-state index in [0.717, 1.165) is 5.56 Å². The topological polar surface area (TPSA) is 68.1 Å². The third kappa shape index (κ3) is 4.13. The van der Waals surface area contributed by atoms with Crippen LogP contribution in [0.15, 0.2) is 83.5 Å². The van der Waals surface area contributed by atoms with Crippen LogP contribution >= 0.6 is 11.3 Å². The van der Waals surface area contributed by atoms with Gasteiger partial charge in [0.05, 0.1) is 5.69 Å². The maximum absolute atomic E-state index is 14.3. The smallest absolute Gasteiger partial charge is 0.284 e. The summed E-state index contributed by atoms with van der Waals surface area (Å²) in [4.78, 5) is 31.9. The third-order valence-electron chi connectivity index (χ3n) is 4.74. The van der Waals surface area contributed by atoms with Gasteiger partial charge in [0.25, 0.3) is 5.91 Å². The van der Waals surface area contributed by atoms with Gasteiger partial charge in [-0.3, -0.25) is 14.5 Å². The first kappa shape index (κ1) is 21.3. The second-order valence-corrected chi connectivity index (χ2v) is 7.78. The molecule has 4 rings (SSSR count). The molecule has 4 aromatic rings. The van der Waals surface area contributed by atoms with Crippen LogP contribution in [0.5, 0.6) is 0 Å². The lowest BCUT2D eigenvalue weighted by Gasteiger charge is -2.18. The van der Waals surface area contributed by atoms with Gasteiger partial charge in [-0.2, -0.15) is 5.10 Å². The minimum atomic E-state index is -0.631. The molecule has 2 heterocycles. The Morgan fingerprint density at radius 1 is 1.19 bits per heavy atom. The summed E-state index contributed by atoms with van der Waals surface area (Å²) in [5.74, 6) is -1.14. The van der Waals surface area contributed by atoms with Crippen LogP contribution in [0.2, 0.25) is 0 Å². The second kappa shape index (κ2) is 9.07. The number of carbonyl (C=O) groups is 1. The van der Waals surface area contributed by atoms with Crippen molar-refractivity contribution in [3.05, 3.63) is 106 Å². The SMILES string of the molecule is C=CCN(C(=O)c1nn(-c2ccccc2F)c(C)cc1=O)c1nc(-c2ccccc2)cs1. The molecule has 0 atom stereocenters. The highest BCUT2D eigenvalue weighted by Gasteiger charge is 2.25. The molecule has 32 heavy (non-hydrogen) atoms. The highest BCUT2D eigenvalue weighted by molar-refractivity contribution is 7.14. The number of aryl methyl sites for hydroxylation is 1. The second-order valence-electron chi connectivity index (χ2n) is 6.95. The number of aromatic nitrogens is 3. The lowest BCUT2D eigenvalue weighted by atomic mass is 10.2. The molecular weight excluding hydrogens is 427 g/mol. The van der Waals surface area contributed by atoms with Crippen molar-refractivity contribution in [2.75, 3.05) is 11.4 Å². The molecule has 0 radical (unpaired) electrons. The van der Waals surface area contributed by atoms with Crippen molar-refractivity contribution >= 4 is 22.4 Å². The monoisotopic (exact) mass is 446 g/mol. The Balaban J connectivity index is 1.76. The molecule has 0 aliphatic rings. The number of halogens is 1. The fourth-order valence-corrected chi connectivity index (χ4v) is 4.04. The number of thiazole rings is 1. The Labute approximate surface area is 187 Å². The van der Waals surface area contributed by atoms with E-state index in [-0.39, 0.29) is 17.9 Å². The predicted molar refractivity (Wildman–Crippen MR) is 124 cm³/mol. The molecule has 0 fully saturated rings. The van der Waals surface area contributed by atoms with Crippen LogP contribution < -0.4 is 10.3 Å². The minimum absolute atomic E-state index is 0.134. The summed E-state index contributed by atoms with van der Waals surface area (Å²) in [6.45, 7) is 5.47. The van der Waals surface area contributed by atoms with E-state index in [2.05, 4.69) is 16.7 Å². The molecule has 2 aromatic heterocycles. The van der Waals surface area contributed by atoms with E-state index in [9.17, 15) is 14.0 Å². The normalized spacial score (nSPS) is 10.7. The molecule has 0 unspecified atom stereocenters. The van der Waals surface area contributed by atoms with Crippen LogP contribution in [-0.4, -0.2) is 27.2 Å². The van der Waals surface area contributed by atoms with Gasteiger partial charge in [-0.25, -0.2) is 14.1 Å². The zero-order valence-electron chi connectivity index (χ0n) is 17.2. The molecule has 0 bridgehead atoms. The maximum Gasteiger partial charge on any atom is 0.284 e. The van der Waals surface area contributed by atoms with E-state index < -0.39 is 17.2 Å². The summed E-state index contributed by atoms with van der Waals surface area (Å²) in [5.41, 5.74) is 1.32. The summed E-state index contributed by atoms with van der Waals surface area (Å²) in [5, 5.41) is 6.46. The Morgan fingerprint density at radius 2 is 1.91 bits per heavy atom. The number of hydrogen-bond donors (Lipinski definition) is 0. The van der Waals surface area contributed by atoms with E-state index in [1.54, 1.807) is 25.1 Å². The number of rotatable bonds is 6. The Morgan fingerprint density at radius 3 is 2.62 bits per heavy atom. The molecule has 0 spiro atoms.